The van der Waals surface area contributed by atoms with Gasteiger partial charge in [0, 0.05) is 5.92 Å². The van der Waals surface area contributed by atoms with Crippen molar-refractivity contribution in [3.8, 4) is 12.1 Å². The van der Waals surface area contributed by atoms with Crippen molar-refractivity contribution in [1.29, 1.82) is 10.5 Å². The number of benzene rings is 1. The topological polar surface area (TPSA) is 73.9 Å². The van der Waals surface area contributed by atoms with Gasteiger partial charge >= 0.3 is 5.97 Å². The minimum atomic E-state index is -0.816. The van der Waals surface area contributed by atoms with Crippen molar-refractivity contribution in [2.45, 2.75) is 46.1 Å². The summed E-state index contributed by atoms with van der Waals surface area (Å²) in [5.74, 6) is -1.48. The molecule has 0 amide bonds. The Kier molecular flexibility index (Phi) is 6.13. The molecule has 0 saturated carbocycles. The number of nitrogens with zero attached hydrogens (tertiary/aromatic N) is 2. The van der Waals surface area contributed by atoms with Crippen molar-refractivity contribution in [3.63, 3.8) is 0 Å². The number of hydrogen-bond donors (Lipinski definition) is 0. The van der Waals surface area contributed by atoms with Crippen LogP contribution in [0.1, 0.15) is 45.6 Å². The normalized spacial score (nSPS) is 12.5. The lowest BCUT2D eigenvalue weighted by atomic mass is 9.67. The van der Waals surface area contributed by atoms with Crippen LogP contribution >= 0.6 is 0 Å². The second-order valence-corrected chi connectivity index (χ2v) is 6.33. The van der Waals surface area contributed by atoms with Gasteiger partial charge in [0.2, 0.25) is 0 Å². The quantitative estimate of drug-likeness (QED) is 0.749. The third-order valence-corrected chi connectivity index (χ3v) is 3.58. The van der Waals surface area contributed by atoms with Crippen LogP contribution in [0.2, 0.25) is 0 Å². The minimum absolute atomic E-state index is 0.157. The Hall–Kier alpha value is -2.33. The molecule has 4 heteroatoms. The molecule has 1 unspecified atom stereocenters. The van der Waals surface area contributed by atoms with Crippen LogP contribution in [0.15, 0.2) is 30.3 Å². The van der Waals surface area contributed by atoms with E-state index in [1.807, 2.05) is 44.2 Å². The van der Waals surface area contributed by atoms with E-state index in [1.54, 1.807) is 13.8 Å². The highest BCUT2D eigenvalue weighted by Gasteiger charge is 2.39. The molecular formula is C18H22N2O2. The van der Waals surface area contributed by atoms with Gasteiger partial charge in [-0.25, -0.2) is 0 Å². The Labute approximate surface area is 132 Å². The average Bonchev–Trinajstić information content (AvgIpc) is 2.43. The number of rotatable bonds is 6. The Morgan fingerprint density at radius 1 is 1.18 bits per heavy atom. The fourth-order valence-corrected chi connectivity index (χ4v) is 2.72. The number of esters is 1. The Bertz CT molecular complexity index is 565. The molecule has 0 saturated heterocycles. The van der Waals surface area contributed by atoms with Crippen LogP contribution in [0, 0.1) is 34.0 Å². The van der Waals surface area contributed by atoms with Crippen molar-refractivity contribution in [2.24, 2.45) is 11.3 Å². The largest absolute Gasteiger partial charge is 0.463 e. The number of ether oxygens (including phenoxy) is 1. The third-order valence-electron chi connectivity index (χ3n) is 3.58. The predicted octanol–water partition coefficient (Wildman–Crippen LogP) is 3.80. The van der Waals surface area contributed by atoms with E-state index in [4.69, 9.17) is 4.74 Å². The molecule has 0 aliphatic rings. The summed E-state index contributed by atoms with van der Waals surface area (Å²) in [6.45, 7) is 7.39. The van der Waals surface area contributed by atoms with E-state index in [1.165, 1.54) is 0 Å². The maximum Gasteiger partial charge on any atom is 0.306 e. The summed E-state index contributed by atoms with van der Waals surface area (Å²) in [7, 11) is 0. The molecular weight excluding hydrogens is 276 g/mol. The molecule has 4 nitrogen and oxygen atoms in total. The summed E-state index contributed by atoms with van der Waals surface area (Å²) >= 11 is 0. The molecule has 0 radical (unpaired) electrons. The second kappa shape index (κ2) is 7.61. The van der Waals surface area contributed by atoms with Crippen molar-refractivity contribution in [3.05, 3.63) is 35.9 Å². The molecule has 0 aliphatic heterocycles. The van der Waals surface area contributed by atoms with E-state index < -0.39 is 11.3 Å². The lowest BCUT2D eigenvalue weighted by Gasteiger charge is -2.34. The molecule has 0 bridgehead atoms. The maximum atomic E-state index is 12.0. The SMILES string of the molecule is CC(C)OC(=O)CC(C)(C)C(c1ccccc1)C(C#N)C#N. The monoisotopic (exact) mass is 298 g/mol. The highest BCUT2D eigenvalue weighted by atomic mass is 16.5. The van der Waals surface area contributed by atoms with Crippen molar-refractivity contribution < 1.29 is 9.53 Å². The summed E-state index contributed by atoms with van der Waals surface area (Å²) in [6.07, 6.45) is -0.0221. The molecule has 0 fully saturated rings. The van der Waals surface area contributed by atoms with Crippen LogP contribution in [-0.2, 0) is 9.53 Å². The lowest BCUT2D eigenvalue weighted by Crippen LogP contribution is -2.31. The van der Waals surface area contributed by atoms with Crippen LogP contribution in [0.5, 0.6) is 0 Å². The molecule has 0 aromatic heterocycles. The first-order valence-corrected chi connectivity index (χ1v) is 7.35. The van der Waals surface area contributed by atoms with Gasteiger partial charge in [-0.3, -0.25) is 4.79 Å². The average molecular weight is 298 g/mol. The maximum absolute atomic E-state index is 12.0. The molecule has 0 spiro atoms. The van der Waals surface area contributed by atoms with E-state index in [0.29, 0.717) is 0 Å². The number of nitriles is 2. The molecule has 0 N–H and O–H groups in total. The van der Waals surface area contributed by atoms with Gasteiger partial charge < -0.3 is 4.74 Å². The van der Waals surface area contributed by atoms with Crippen molar-refractivity contribution in [2.75, 3.05) is 0 Å². The summed E-state index contributed by atoms with van der Waals surface area (Å²) < 4.78 is 5.21. The zero-order valence-corrected chi connectivity index (χ0v) is 13.5. The first kappa shape index (κ1) is 17.7. The second-order valence-electron chi connectivity index (χ2n) is 6.33. The Morgan fingerprint density at radius 3 is 2.18 bits per heavy atom. The highest BCUT2D eigenvalue weighted by molar-refractivity contribution is 5.70. The van der Waals surface area contributed by atoms with E-state index in [9.17, 15) is 15.3 Å². The summed E-state index contributed by atoms with van der Waals surface area (Å²) in [6, 6.07) is 13.5. The molecule has 0 aliphatic carbocycles. The summed E-state index contributed by atoms with van der Waals surface area (Å²) in [5, 5.41) is 18.6. The van der Waals surface area contributed by atoms with Gasteiger partial charge in [-0.2, -0.15) is 10.5 Å². The zero-order valence-electron chi connectivity index (χ0n) is 13.5. The highest BCUT2D eigenvalue weighted by Crippen LogP contribution is 2.43. The number of hydrogen-bond acceptors (Lipinski definition) is 4. The predicted molar refractivity (Wildman–Crippen MR) is 83.5 cm³/mol. The third kappa shape index (κ3) is 4.60. The molecule has 1 rings (SSSR count). The van der Waals surface area contributed by atoms with Gasteiger partial charge in [0.25, 0.3) is 0 Å². The molecule has 0 heterocycles. The molecule has 1 atom stereocenters. The van der Waals surface area contributed by atoms with Crippen LogP contribution in [0.3, 0.4) is 0 Å². The van der Waals surface area contributed by atoms with Gasteiger partial charge in [-0.15, -0.1) is 0 Å². The van der Waals surface area contributed by atoms with E-state index in [-0.39, 0.29) is 24.4 Å². The van der Waals surface area contributed by atoms with Gasteiger partial charge in [0.05, 0.1) is 24.7 Å². The number of carbonyl (C=O) groups excluding carboxylic acids is 1. The molecule has 1 aromatic carbocycles. The van der Waals surface area contributed by atoms with Gasteiger partial charge in [0.1, 0.15) is 5.92 Å². The van der Waals surface area contributed by atoms with Gasteiger partial charge in [-0.1, -0.05) is 44.2 Å². The number of carbonyl (C=O) groups is 1. The van der Waals surface area contributed by atoms with Gasteiger partial charge in [0.15, 0.2) is 0 Å². The first-order chi connectivity index (χ1) is 10.3. The van der Waals surface area contributed by atoms with Crippen LogP contribution in [0.25, 0.3) is 0 Å². The van der Waals surface area contributed by atoms with Crippen LogP contribution in [0.4, 0.5) is 0 Å². The van der Waals surface area contributed by atoms with Gasteiger partial charge in [-0.05, 0) is 24.8 Å². The molecule has 22 heavy (non-hydrogen) atoms. The minimum Gasteiger partial charge on any atom is -0.463 e. The fraction of sp³-hybridized carbons (Fsp3) is 0.500. The smallest absolute Gasteiger partial charge is 0.306 e. The first-order valence-electron chi connectivity index (χ1n) is 7.35. The Balaban J connectivity index is 3.13. The standard InChI is InChI=1S/C18H22N2O2/c1-13(2)22-16(21)10-18(3,4)17(15(11-19)12-20)14-8-6-5-7-9-14/h5-9,13,15,17H,10H2,1-4H3. The van der Waals surface area contributed by atoms with E-state index in [0.717, 1.165) is 5.56 Å². The fourth-order valence-electron chi connectivity index (χ4n) is 2.72. The molecule has 116 valence electrons. The van der Waals surface area contributed by atoms with Crippen LogP contribution in [-0.4, -0.2) is 12.1 Å². The van der Waals surface area contributed by atoms with Crippen LogP contribution < -0.4 is 0 Å². The molecule has 1 aromatic rings. The summed E-state index contributed by atoms with van der Waals surface area (Å²) in [5.41, 5.74) is 0.321. The van der Waals surface area contributed by atoms with Crippen molar-refractivity contribution >= 4 is 5.97 Å². The lowest BCUT2D eigenvalue weighted by molar-refractivity contribution is -0.150. The van der Waals surface area contributed by atoms with Crippen molar-refractivity contribution in [1.82, 2.24) is 0 Å². The van der Waals surface area contributed by atoms with E-state index >= 15 is 0 Å². The Morgan fingerprint density at radius 2 is 1.73 bits per heavy atom. The summed E-state index contributed by atoms with van der Waals surface area (Å²) in [4.78, 5) is 12.0. The zero-order chi connectivity index (χ0) is 16.8. The van der Waals surface area contributed by atoms with E-state index in [2.05, 4.69) is 12.1 Å².